The van der Waals surface area contributed by atoms with Crippen LogP contribution in [0.2, 0.25) is 0 Å². The fraction of sp³-hybridized carbons (Fsp3) is 0. The molecule has 0 fully saturated rings. The summed E-state index contributed by atoms with van der Waals surface area (Å²) < 4.78 is 9.62. The Bertz CT molecular complexity index is 1420. The van der Waals surface area contributed by atoms with Crippen LogP contribution in [0, 0.1) is 4.77 Å². The second-order valence-corrected chi connectivity index (χ2v) is 6.83. The van der Waals surface area contributed by atoms with Crippen molar-refractivity contribution in [2.75, 3.05) is 0 Å². The number of benzene rings is 3. The number of nitrogens with zero attached hydrogens (tertiary/aromatic N) is 3. The lowest BCUT2D eigenvalue weighted by atomic mass is 10.2. The number of aromatic nitrogens is 3. The van der Waals surface area contributed by atoms with Crippen LogP contribution < -0.4 is 5.56 Å². The molecule has 2 heterocycles. The lowest BCUT2D eigenvalue weighted by molar-refractivity contribution is 0.592. The molecule has 0 aliphatic heterocycles. The van der Waals surface area contributed by atoms with Gasteiger partial charge in [0.05, 0.1) is 11.4 Å². The molecule has 140 valence electrons. The predicted octanol–water partition coefficient (Wildman–Crippen LogP) is 5.17. The van der Waals surface area contributed by atoms with Crippen molar-refractivity contribution < 1.29 is 4.42 Å². The van der Waals surface area contributed by atoms with E-state index in [9.17, 15) is 4.79 Å². The second kappa shape index (κ2) is 7.00. The summed E-state index contributed by atoms with van der Waals surface area (Å²) in [5, 5.41) is 0. The van der Waals surface area contributed by atoms with E-state index in [1.165, 1.54) is 4.57 Å². The van der Waals surface area contributed by atoms with Crippen molar-refractivity contribution >= 4 is 23.4 Å². The van der Waals surface area contributed by atoms with Gasteiger partial charge in [0, 0.05) is 5.56 Å². The topological polar surface area (TPSA) is 53.0 Å². The van der Waals surface area contributed by atoms with E-state index in [0.717, 1.165) is 11.3 Å². The predicted molar refractivity (Wildman–Crippen MR) is 115 cm³/mol. The number of rotatable bonds is 3. The SMILES string of the molecule is O=c1c2nc(-c3ccccc3)oc2n(-c2ccccc2)c(=S)n1-c1ccccc1. The minimum atomic E-state index is -0.311. The van der Waals surface area contributed by atoms with Gasteiger partial charge in [0.25, 0.3) is 5.56 Å². The first-order valence-electron chi connectivity index (χ1n) is 9.09. The van der Waals surface area contributed by atoms with E-state index in [0.29, 0.717) is 22.1 Å². The van der Waals surface area contributed by atoms with Gasteiger partial charge in [-0.15, -0.1) is 0 Å². The van der Waals surface area contributed by atoms with E-state index >= 15 is 0 Å². The lowest BCUT2D eigenvalue weighted by Crippen LogP contribution is -2.23. The van der Waals surface area contributed by atoms with E-state index in [4.69, 9.17) is 16.6 Å². The van der Waals surface area contributed by atoms with Crippen molar-refractivity contribution in [1.29, 1.82) is 0 Å². The Morgan fingerprint density at radius 3 is 1.83 bits per heavy atom. The smallest absolute Gasteiger partial charge is 0.288 e. The third-order valence-electron chi connectivity index (χ3n) is 4.65. The minimum absolute atomic E-state index is 0.227. The Hall–Kier alpha value is -3.77. The molecule has 0 saturated carbocycles. The van der Waals surface area contributed by atoms with Gasteiger partial charge in [-0.25, -0.2) is 4.98 Å². The monoisotopic (exact) mass is 397 g/mol. The summed E-state index contributed by atoms with van der Waals surface area (Å²) in [7, 11) is 0. The molecule has 5 aromatic rings. The fourth-order valence-electron chi connectivity index (χ4n) is 3.30. The van der Waals surface area contributed by atoms with E-state index in [-0.39, 0.29) is 11.1 Å². The highest BCUT2D eigenvalue weighted by molar-refractivity contribution is 7.71. The molecule has 0 amide bonds. The molecule has 5 nitrogen and oxygen atoms in total. The van der Waals surface area contributed by atoms with Gasteiger partial charge in [0.15, 0.2) is 10.3 Å². The van der Waals surface area contributed by atoms with Crippen molar-refractivity contribution in [3.63, 3.8) is 0 Å². The molecular weight excluding hydrogens is 382 g/mol. The van der Waals surface area contributed by atoms with Crippen LogP contribution in [0.1, 0.15) is 0 Å². The molecule has 5 rings (SSSR count). The molecule has 29 heavy (non-hydrogen) atoms. The molecule has 0 aliphatic rings. The van der Waals surface area contributed by atoms with Crippen molar-refractivity contribution in [2.24, 2.45) is 0 Å². The number of hydrogen-bond donors (Lipinski definition) is 0. The summed E-state index contributed by atoms with van der Waals surface area (Å²) in [6.45, 7) is 0. The summed E-state index contributed by atoms with van der Waals surface area (Å²) in [6, 6.07) is 28.4. The van der Waals surface area contributed by atoms with Crippen LogP contribution in [0.15, 0.2) is 100 Å². The van der Waals surface area contributed by atoms with Crippen molar-refractivity contribution in [3.05, 3.63) is 106 Å². The molecule has 0 aliphatic carbocycles. The summed E-state index contributed by atoms with van der Waals surface area (Å²) in [4.78, 5) is 17.9. The number of para-hydroxylation sites is 2. The van der Waals surface area contributed by atoms with E-state index in [1.807, 2.05) is 91.0 Å². The molecule has 0 N–H and O–H groups in total. The van der Waals surface area contributed by atoms with Crippen LogP contribution in [0.4, 0.5) is 0 Å². The highest BCUT2D eigenvalue weighted by atomic mass is 32.1. The number of fused-ring (bicyclic) bond motifs is 1. The van der Waals surface area contributed by atoms with Gasteiger partial charge in [0.2, 0.25) is 11.6 Å². The zero-order valence-electron chi connectivity index (χ0n) is 15.2. The molecule has 0 atom stereocenters. The van der Waals surface area contributed by atoms with Gasteiger partial charge < -0.3 is 4.42 Å². The molecule has 3 aromatic carbocycles. The summed E-state index contributed by atoms with van der Waals surface area (Å²) in [5.74, 6) is 0.377. The van der Waals surface area contributed by atoms with E-state index in [1.54, 1.807) is 4.57 Å². The first kappa shape index (κ1) is 17.3. The van der Waals surface area contributed by atoms with Gasteiger partial charge in [-0.1, -0.05) is 54.6 Å². The van der Waals surface area contributed by atoms with Crippen molar-refractivity contribution in [2.45, 2.75) is 0 Å². The molecule has 0 saturated heterocycles. The molecular formula is C23H15N3O2S. The van der Waals surface area contributed by atoms with E-state index < -0.39 is 0 Å². The maximum atomic E-state index is 13.3. The van der Waals surface area contributed by atoms with Crippen LogP contribution in [-0.4, -0.2) is 14.1 Å². The molecule has 2 aromatic heterocycles. The second-order valence-electron chi connectivity index (χ2n) is 6.47. The number of oxazole rings is 1. The maximum Gasteiger partial charge on any atom is 0.288 e. The minimum Gasteiger partial charge on any atom is -0.419 e. The first-order valence-corrected chi connectivity index (χ1v) is 9.50. The van der Waals surface area contributed by atoms with E-state index in [2.05, 4.69) is 4.98 Å². The third-order valence-corrected chi connectivity index (χ3v) is 5.02. The normalized spacial score (nSPS) is 11.0. The molecule has 6 heteroatoms. The van der Waals surface area contributed by atoms with Gasteiger partial charge in [-0.05, 0) is 48.6 Å². The highest BCUT2D eigenvalue weighted by Gasteiger charge is 2.20. The van der Waals surface area contributed by atoms with Crippen LogP contribution in [0.3, 0.4) is 0 Å². The first-order chi connectivity index (χ1) is 14.2. The van der Waals surface area contributed by atoms with Crippen LogP contribution in [-0.2, 0) is 0 Å². The average Bonchev–Trinajstić information content (AvgIpc) is 3.21. The zero-order valence-corrected chi connectivity index (χ0v) is 16.0. The van der Waals surface area contributed by atoms with Crippen LogP contribution in [0.5, 0.6) is 0 Å². The fourth-order valence-corrected chi connectivity index (χ4v) is 3.67. The maximum absolute atomic E-state index is 13.3. The van der Waals surface area contributed by atoms with Gasteiger partial charge >= 0.3 is 0 Å². The Morgan fingerprint density at radius 2 is 1.24 bits per heavy atom. The Balaban J connectivity index is 1.91. The molecule has 0 unspecified atom stereocenters. The Labute approximate surface area is 171 Å². The van der Waals surface area contributed by atoms with Gasteiger partial charge in [0.1, 0.15) is 0 Å². The van der Waals surface area contributed by atoms with Crippen molar-refractivity contribution in [1.82, 2.24) is 14.1 Å². The summed E-state index contributed by atoms with van der Waals surface area (Å²) >= 11 is 5.74. The summed E-state index contributed by atoms with van der Waals surface area (Å²) in [5.41, 5.74) is 2.51. The lowest BCUT2D eigenvalue weighted by Gasteiger charge is -2.12. The average molecular weight is 397 g/mol. The van der Waals surface area contributed by atoms with Gasteiger partial charge in [-0.3, -0.25) is 13.9 Å². The zero-order chi connectivity index (χ0) is 19.8. The van der Waals surface area contributed by atoms with Crippen LogP contribution in [0.25, 0.3) is 34.1 Å². The number of hydrogen-bond acceptors (Lipinski definition) is 4. The molecule has 0 radical (unpaired) electrons. The summed E-state index contributed by atoms with van der Waals surface area (Å²) in [6.07, 6.45) is 0. The standard InChI is InChI=1S/C23H15N3O2S/c27-21-19-22(28-20(24-19)16-10-4-1-5-11-16)26(18-14-8-3-9-15-18)23(29)25(21)17-12-6-2-7-13-17/h1-15H. The Kier molecular flexibility index (Phi) is 4.18. The van der Waals surface area contributed by atoms with Crippen LogP contribution >= 0.6 is 12.2 Å². The molecule has 0 bridgehead atoms. The third kappa shape index (κ3) is 2.90. The van der Waals surface area contributed by atoms with Crippen molar-refractivity contribution in [3.8, 4) is 22.8 Å². The highest BCUT2D eigenvalue weighted by Crippen LogP contribution is 2.25. The largest absolute Gasteiger partial charge is 0.419 e. The molecule has 0 spiro atoms. The van der Waals surface area contributed by atoms with Gasteiger partial charge in [-0.2, -0.15) is 0 Å². The Morgan fingerprint density at radius 1 is 0.724 bits per heavy atom. The quantitative estimate of drug-likeness (QED) is 0.394.